The zero-order valence-corrected chi connectivity index (χ0v) is 15.3. The molecule has 0 bridgehead atoms. The molecule has 3 aromatic rings. The summed E-state index contributed by atoms with van der Waals surface area (Å²) in [6.45, 7) is 0.0260. The van der Waals surface area contributed by atoms with Crippen LogP contribution in [0.3, 0.4) is 0 Å². The Morgan fingerprint density at radius 3 is 1.93 bits per heavy atom. The van der Waals surface area contributed by atoms with Crippen LogP contribution in [-0.4, -0.2) is 22.1 Å². The Kier molecular flexibility index (Phi) is 6.19. The van der Waals surface area contributed by atoms with Crippen molar-refractivity contribution < 1.29 is 19.8 Å². The average Bonchev–Trinajstić information content (AvgIpc) is 2.73. The number of aliphatic hydroxyl groups is 1. The summed E-state index contributed by atoms with van der Waals surface area (Å²) in [7, 11) is 0. The fraction of sp³-hybridized carbons (Fsp3) is 0.130. The van der Waals surface area contributed by atoms with Gasteiger partial charge in [0.1, 0.15) is 0 Å². The predicted octanol–water partition coefficient (Wildman–Crippen LogP) is 4.12. The van der Waals surface area contributed by atoms with Crippen molar-refractivity contribution in [3.8, 4) is 11.1 Å². The van der Waals surface area contributed by atoms with E-state index in [0.29, 0.717) is 12.1 Å². The number of carboxylic acids is 1. The molecule has 5 heteroatoms. The van der Waals surface area contributed by atoms with Crippen molar-refractivity contribution in [2.75, 3.05) is 5.32 Å². The van der Waals surface area contributed by atoms with Gasteiger partial charge in [-0.1, -0.05) is 60.7 Å². The number of hydrogen-bond donors (Lipinski definition) is 3. The molecular formula is C23H21NO4. The van der Waals surface area contributed by atoms with E-state index in [1.807, 2.05) is 48.5 Å². The second-order valence-corrected chi connectivity index (χ2v) is 6.45. The molecule has 0 radical (unpaired) electrons. The molecule has 0 aliphatic rings. The second-order valence-electron chi connectivity index (χ2n) is 6.45. The number of aliphatic hydroxyl groups excluding tert-OH is 1. The fourth-order valence-electron chi connectivity index (χ4n) is 2.92. The third-order valence-electron chi connectivity index (χ3n) is 4.50. The number of aryl methyl sites for hydroxylation is 1. The Bertz CT molecular complexity index is 963. The van der Waals surface area contributed by atoms with Crippen molar-refractivity contribution in [3.05, 3.63) is 89.5 Å². The van der Waals surface area contributed by atoms with Crippen molar-refractivity contribution in [2.45, 2.75) is 19.4 Å². The van der Waals surface area contributed by atoms with Crippen LogP contribution in [0.15, 0.2) is 72.8 Å². The van der Waals surface area contributed by atoms with Gasteiger partial charge >= 0.3 is 5.97 Å². The zero-order chi connectivity index (χ0) is 19.9. The van der Waals surface area contributed by atoms with Crippen LogP contribution in [0.25, 0.3) is 11.1 Å². The number of benzene rings is 3. The highest BCUT2D eigenvalue weighted by Gasteiger charge is 2.11. The van der Waals surface area contributed by atoms with Crippen LogP contribution in [0.4, 0.5) is 5.69 Å². The zero-order valence-electron chi connectivity index (χ0n) is 15.3. The van der Waals surface area contributed by atoms with Crippen molar-refractivity contribution >= 4 is 17.6 Å². The average molecular weight is 375 g/mol. The molecule has 0 aliphatic heterocycles. The van der Waals surface area contributed by atoms with Crippen molar-refractivity contribution in [1.29, 1.82) is 0 Å². The van der Waals surface area contributed by atoms with E-state index >= 15 is 0 Å². The molecular weight excluding hydrogens is 354 g/mol. The number of nitrogens with one attached hydrogen (secondary N) is 1. The molecule has 0 spiro atoms. The van der Waals surface area contributed by atoms with Gasteiger partial charge in [-0.05, 0) is 40.8 Å². The standard InChI is InChI=1S/C23H21NO4/c25-15-17-7-12-19(13-8-17)18-10-5-16(6-11-18)9-14-22(26)24-21-4-2-1-3-20(21)23(27)28/h1-8,10-13,25H,9,14-15H2,(H,24,26)(H,27,28). The van der Waals surface area contributed by atoms with Crippen LogP contribution in [0.1, 0.15) is 27.9 Å². The van der Waals surface area contributed by atoms with Gasteiger partial charge < -0.3 is 15.5 Å². The number of rotatable bonds is 7. The monoisotopic (exact) mass is 375 g/mol. The summed E-state index contributed by atoms with van der Waals surface area (Å²) in [5.41, 5.74) is 4.40. The van der Waals surface area contributed by atoms with Gasteiger partial charge in [0, 0.05) is 6.42 Å². The van der Waals surface area contributed by atoms with E-state index in [1.54, 1.807) is 18.2 Å². The molecule has 0 atom stereocenters. The summed E-state index contributed by atoms with van der Waals surface area (Å²) in [6, 6.07) is 22.0. The summed E-state index contributed by atoms with van der Waals surface area (Å²) < 4.78 is 0. The topological polar surface area (TPSA) is 86.6 Å². The maximum atomic E-state index is 12.2. The number of amides is 1. The van der Waals surface area contributed by atoms with Crippen LogP contribution in [0.5, 0.6) is 0 Å². The number of aromatic carboxylic acids is 1. The lowest BCUT2D eigenvalue weighted by atomic mass is 10.0. The molecule has 3 aromatic carbocycles. The normalized spacial score (nSPS) is 10.5. The molecule has 1 amide bonds. The predicted molar refractivity (Wildman–Crippen MR) is 108 cm³/mol. The number of para-hydroxylation sites is 1. The molecule has 3 N–H and O–H groups in total. The quantitative estimate of drug-likeness (QED) is 0.580. The Hall–Kier alpha value is -3.44. The smallest absolute Gasteiger partial charge is 0.337 e. The van der Waals surface area contributed by atoms with Crippen LogP contribution < -0.4 is 5.32 Å². The first-order valence-electron chi connectivity index (χ1n) is 8.98. The van der Waals surface area contributed by atoms with Crippen LogP contribution in [0.2, 0.25) is 0 Å². The van der Waals surface area contributed by atoms with Gasteiger partial charge in [0.15, 0.2) is 0 Å². The SMILES string of the molecule is O=C(CCc1ccc(-c2ccc(CO)cc2)cc1)Nc1ccccc1C(=O)O. The Morgan fingerprint density at radius 1 is 0.786 bits per heavy atom. The Balaban J connectivity index is 1.59. The summed E-state index contributed by atoms with van der Waals surface area (Å²) in [4.78, 5) is 23.4. The minimum atomic E-state index is -1.07. The van der Waals surface area contributed by atoms with Crippen LogP contribution in [-0.2, 0) is 17.8 Å². The van der Waals surface area contributed by atoms with E-state index in [0.717, 1.165) is 22.3 Å². The van der Waals surface area contributed by atoms with Gasteiger partial charge in [0.2, 0.25) is 5.91 Å². The number of carbonyl (C=O) groups is 2. The minimum absolute atomic E-state index is 0.0260. The van der Waals surface area contributed by atoms with E-state index in [9.17, 15) is 14.7 Å². The molecule has 0 heterocycles. The maximum absolute atomic E-state index is 12.2. The molecule has 5 nitrogen and oxygen atoms in total. The lowest BCUT2D eigenvalue weighted by Crippen LogP contribution is -2.15. The van der Waals surface area contributed by atoms with E-state index in [1.165, 1.54) is 6.07 Å². The highest BCUT2D eigenvalue weighted by Crippen LogP contribution is 2.21. The first-order chi connectivity index (χ1) is 13.6. The van der Waals surface area contributed by atoms with Gasteiger partial charge in [-0.2, -0.15) is 0 Å². The number of hydrogen-bond acceptors (Lipinski definition) is 3. The summed E-state index contributed by atoms with van der Waals surface area (Å²) in [5, 5.41) is 21.0. The number of carbonyl (C=O) groups excluding carboxylic acids is 1. The van der Waals surface area contributed by atoms with E-state index in [4.69, 9.17) is 5.11 Å². The van der Waals surface area contributed by atoms with Gasteiger partial charge in [-0.25, -0.2) is 4.79 Å². The molecule has 28 heavy (non-hydrogen) atoms. The summed E-state index contributed by atoms with van der Waals surface area (Å²) in [5.74, 6) is -1.30. The lowest BCUT2D eigenvalue weighted by Gasteiger charge is -2.09. The molecule has 0 aromatic heterocycles. The highest BCUT2D eigenvalue weighted by molar-refractivity contribution is 6.00. The second kappa shape index (κ2) is 8.97. The molecule has 142 valence electrons. The van der Waals surface area contributed by atoms with E-state index < -0.39 is 5.97 Å². The molecule has 0 unspecified atom stereocenters. The number of carboxylic acid groups (broad SMARTS) is 1. The Labute approximate surface area is 163 Å². The van der Waals surface area contributed by atoms with Crippen molar-refractivity contribution in [2.24, 2.45) is 0 Å². The fourth-order valence-corrected chi connectivity index (χ4v) is 2.92. The van der Waals surface area contributed by atoms with Crippen molar-refractivity contribution in [3.63, 3.8) is 0 Å². The summed E-state index contributed by atoms with van der Waals surface area (Å²) >= 11 is 0. The van der Waals surface area contributed by atoms with E-state index in [-0.39, 0.29) is 24.5 Å². The molecule has 0 saturated carbocycles. The van der Waals surface area contributed by atoms with Gasteiger partial charge in [-0.3, -0.25) is 4.79 Å². The van der Waals surface area contributed by atoms with Gasteiger partial charge in [-0.15, -0.1) is 0 Å². The first-order valence-corrected chi connectivity index (χ1v) is 8.98. The molecule has 0 aliphatic carbocycles. The molecule has 0 saturated heterocycles. The largest absolute Gasteiger partial charge is 0.478 e. The van der Waals surface area contributed by atoms with Crippen LogP contribution in [0, 0.1) is 0 Å². The summed E-state index contributed by atoms with van der Waals surface area (Å²) in [6.07, 6.45) is 0.823. The maximum Gasteiger partial charge on any atom is 0.337 e. The lowest BCUT2D eigenvalue weighted by molar-refractivity contribution is -0.116. The van der Waals surface area contributed by atoms with Crippen molar-refractivity contribution in [1.82, 2.24) is 0 Å². The minimum Gasteiger partial charge on any atom is -0.478 e. The molecule has 0 fully saturated rings. The first kappa shape index (κ1) is 19.3. The third-order valence-corrected chi connectivity index (χ3v) is 4.50. The highest BCUT2D eigenvalue weighted by atomic mass is 16.4. The van der Waals surface area contributed by atoms with E-state index in [2.05, 4.69) is 5.32 Å². The Morgan fingerprint density at radius 2 is 1.36 bits per heavy atom. The third kappa shape index (κ3) is 4.84. The van der Waals surface area contributed by atoms with Gasteiger partial charge in [0.25, 0.3) is 0 Å². The molecule has 3 rings (SSSR count). The van der Waals surface area contributed by atoms with Crippen LogP contribution >= 0.6 is 0 Å². The number of anilines is 1. The van der Waals surface area contributed by atoms with Gasteiger partial charge in [0.05, 0.1) is 17.9 Å².